The van der Waals surface area contributed by atoms with Crippen LogP contribution in [0.1, 0.15) is 12.8 Å². The molecular formula is C13H26N2S2. The van der Waals surface area contributed by atoms with Gasteiger partial charge in [0.1, 0.15) is 0 Å². The second kappa shape index (κ2) is 11.2. The van der Waals surface area contributed by atoms with Gasteiger partial charge in [-0.2, -0.15) is 23.5 Å². The molecule has 0 amide bonds. The molecule has 17 heavy (non-hydrogen) atoms. The number of nitrogens with zero attached hydrogens (tertiary/aromatic N) is 1. The average molecular weight is 274 g/mol. The van der Waals surface area contributed by atoms with Crippen LogP contribution in [0.2, 0.25) is 0 Å². The first-order chi connectivity index (χ1) is 8.19. The molecule has 0 saturated heterocycles. The summed E-state index contributed by atoms with van der Waals surface area (Å²) in [6.45, 7) is 7.80. The zero-order valence-electron chi connectivity index (χ0n) is 11.3. The lowest BCUT2D eigenvalue weighted by Gasteiger charge is -2.29. The van der Waals surface area contributed by atoms with Crippen LogP contribution in [0, 0.1) is 0 Å². The highest BCUT2D eigenvalue weighted by atomic mass is 32.2. The van der Waals surface area contributed by atoms with Gasteiger partial charge >= 0.3 is 0 Å². The molecular weight excluding hydrogens is 248 g/mol. The first-order valence-electron chi connectivity index (χ1n) is 5.91. The highest BCUT2D eigenvalue weighted by molar-refractivity contribution is 7.98. The number of thioether (sulfide) groups is 2. The van der Waals surface area contributed by atoms with Crippen LogP contribution in [0.4, 0.5) is 0 Å². The smallest absolute Gasteiger partial charge is 0.0425 e. The van der Waals surface area contributed by atoms with Gasteiger partial charge in [-0.15, -0.1) is 13.2 Å². The summed E-state index contributed by atoms with van der Waals surface area (Å²) in [5, 5.41) is 2.16. The van der Waals surface area contributed by atoms with Crippen molar-refractivity contribution in [2.75, 3.05) is 31.1 Å². The predicted octanol–water partition coefficient (Wildman–Crippen LogP) is 3.04. The SMILES string of the molecule is C=C[C@H](CCSC)NN(C)[C@H](C=C)CCSC. The third kappa shape index (κ3) is 7.92. The van der Waals surface area contributed by atoms with E-state index in [-0.39, 0.29) is 0 Å². The van der Waals surface area contributed by atoms with E-state index in [9.17, 15) is 0 Å². The van der Waals surface area contributed by atoms with Crippen LogP contribution >= 0.6 is 23.5 Å². The molecule has 0 aromatic carbocycles. The summed E-state index contributed by atoms with van der Waals surface area (Å²) in [7, 11) is 2.09. The Bertz CT molecular complexity index is 210. The van der Waals surface area contributed by atoms with Crippen molar-refractivity contribution in [1.29, 1.82) is 0 Å². The Morgan fingerprint density at radius 2 is 1.71 bits per heavy atom. The van der Waals surface area contributed by atoms with Crippen LogP contribution in [0.3, 0.4) is 0 Å². The molecule has 0 radical (unpaired) electrons. The first kappa shape index (κ1) is 17.1. The third-order valence-electron chi connectivity index (χ3n) is 2.67. The van der Waals surface area contributed by atoms with E-state index in [2.05, 4.69) is 43.2 Å². The van der Waals surface area contributed by atoms with Gasteiger partial charge in [-0.1, -0.05) is 12.2 Å². The Morgan fingerprint density at radius 1 is 1.12 bits per heavy atom. The molecule has 0 aliphatic rings. The Labute approximate surface area is 115 Å². The van der Waals surface area contributed by atoms with Gasteiger partial charge in [-0.05, 0) is 36.9 Å². The summed E-state index contributed by atoms with van der Waals surface area (Å²) in [6.07, 6.45) is 10.5. The zero-order valence-corrected chi connectivity index (χ0v) is 12.9. The summed E-state index contributed by atoms with van der Waals surface area (Å²) in [5.74, 6) is 2.31. The second-order valence-electron chi connectivity index (χ2n) is 3.95. The maximum Gasteiger partial charge on any atom is 0.0425 e. The number of hydrogen-bond donors (Lipinski definition) is 1. The summed E-state index contributed by atoms with van der Waals surface area (Å²) in [4.78, 5) is 0. The lowest BCUT2D eigenvalue weighted by atomic mass is 10.2. The molecule has 1 N–H and O–H groups in total. The number of rotatable bonds is 11. The first-order valence-corrected chi connectivity index (χ1v) is 8.70. The highest BCUT2D eigenvalue weighted by Crippen LogP contribution is 2.08. The van der Waals surface area contributed by atoms with E-state index in [0.717, 1.165) is 24.3 Å². The standard InChI is InChI=1S/C13H26N2S2/c1-6-12(8-10-16-4)14-15(3)13(7-2)9-11-17-5/h6-7,12-14H,1-2,8-11H2,3-5H3/t12-,13-/m1/s1. The van der Waals surface area contributed by atoms with E-state index in [4.69, 9.17) is 0 Å². The van der Waals surface area contributed by atoms with Crippen LogP contribution < -0.4 is 5.43 Å². The third-order valence-corrected chi connectivity index (χ3v) is 3.96. The molecule has 100 valence electrons. The largest absolute Gasteiger partial charge is 0.248 e. The van der Waals surface area contributed by atoms with E-state index in [1.165, 1.54) is 0 Å². The summed E-state index contributed by atoms with van der Waals surface area (Å²) < 4.78 is 0. The molecule has 0 aromatic rings. The van der Waals surface area contributed by atoms with Crippen molar-refractivity contribution >= 4 is 23.5 Å². The second-order valence-corrected chi connectivity index (χ2v) is 5.92. The Kier molecular flexibility index (Phi) is 11.3. The van der Waals surface area contributed by atoms with Gasteiger partial charge in [-0.3, -0.25) is 0 Å². The molecule has 0 saturated carbocycles. The van der Waals surface area contributed by atoms with Crippen LogP contribution in [0.5, 0.6) is 0 Å². The van der Waals surface area contributed by atoms with Crippen LogP contribution in [-0.2, 0) is 0 Å². The fourth-order valence-electron chi connectivity index (χ4n) is 1.55. The molecule has 4 heteroatoms. The number of hydrazine groups is 1. The van der Waals surface area contributed by atoms with Gasteiger partial charge in [0.15, 0.2) is 0 Å². The van der Waals surface area contributed by atoms with E-state index in [0.29, 0.717) is 12.1 Å². The number of nitrogens with one attached hydrogen (secondary N) is 1. The van der Waals surface area contributed by atoms with Crippen molar-refractivity contribution in [3.63, 3.8) is 0 Å². The maximum absolute atomic E-state index is 3.91. The average Bonchev–Trinajstić information content (AvgIpc) is 2.35. The van der Waals surface area contributed by atoms with Crippen LogP contribution in [0.15, 0.2) is 25.3 Å². The van der Waals surface area contributed by atoms with Gasteiger partial charge in [0.2, 0.25) is 0 Å². The number of hydrogen-bond acceptors (Lipinski definition) is 4. The molecule has 0 aromatic heterocycles. The minimum absolute atomic E-state index is 0.351. The lowest BCUT2D eigenvalue weighted by Crippen LogP contribution is -2.46. The van der Waals surface area contributed by atoms with E-state index < -0.39 is 0 Å². The lowest BCUT2D eigenvalue weighted by molar-refractivity contribution is 0.172. The normalized spacial score (nSPS) is 14.6. The Hall–Kier alpha value is 0.1000. The molecule has 0 rings (SSSR count). The van der Waals surface area contributed by atoms with Gasteiger partial charge in [0.25, 0.3) is 0 Å². The molecule has 0 spiro atoms. The fourth-order valence-corrected chi connectivity index (χ4v) is 2.51. The highest BCUT2D eigenvalue weighted by Gasteiger charge is 2.13. The maximum atomic E-state index is 3.91. The van der Waals surface area contributed by atoms with Gasteiger partial charge in [-0.25, -0.2) is 10.4 Å². The van der Waals surface area contributed by atoms with Gasteiger partial charge in [0, 0.05) is 19.1 Å². The fraction of sp³-hybridized carbons (Fsp3) is 0.692. The Morgan fingerprint density at radius 3 is 2.18 bits per heavy atom. The molecule has 2 nitrogen and oxygen atoms in total. The number of likely N-dealkylation sites (N-methyl/N-ethyl adjacent to an activating group) is 1. The monoisotopic (exact) mass is 274 g/mol. The Balaban J connectivity index is 4.11. The molecule has 0 aliphatic carbocycles. The zero-order chi connectivity index (χ0) is 13.1. The van der Waals surface area contributed by atoms with E-state index in [1.54, 1.807) is 0 Å². The van der Waals surface area contributed by atoms with E-state index in [1.807, 2.05) is 35.7 Å². The molecule has 0 bridgehead atoms. The predicted molar refractivity (Wildman–Crippen MR) is 84.9 cm³/mol. The minimum atomic E-state index is 0.351. The van der Waals surface area contributed by atoms with Crippen molar-refractivity contribution in [1.82, 2.24) is 10.4 Å². The molecule has 0 fully saturated rings. The topological polar surface area (TPSA) is 15.3 Å². The molecule has 0 aliphatic heterocycles. The quantitative estimate of drug-likeness (QED) is 0.460. The van der Waals surface area contributed by atoms with Crippen molar-refractivity contribution in [2.24, 2.45) is 0 Å². The van der Waals surface area contributed by atoms with Crippen molar-refractivity contribution in [3.8, 4) is 0 Å². The van der Waals surface area contributed by atoms with Crippen LogP contribution in [0.25, 0.3) is 0 Å². The van der Waals surface area contributed by atoms with Gasteiger partial charge < -0.3 is 0 Å². The molecule has 0 unspecified atom stereocenters. The van der Waals surface area contributed by atoms with Crippen molar-refractivity contribution < 1.29 is 0 Å². The molecule has 2 atom stereocenters. The van der Waals surface area contributed by atoms with Gasteiger partial charge in [0.05, 0.1) is 0 Å². The van der Waals surface area contributed by atoms with E-state index >= 15 is 0 Å². The minimum Gasteiger partial charge on any atom is -0.248 e. The van der Waals surface area contributed by atoms with Crippen LogP contribution in [-0.4, -0.2) is 48.2 Å². The van der Waals surface area contributed by atoms with Crippen molar-refractivity contribution in [2.45, 2.75) is 24.9 Å². The summed E-state index contributed by atoms with van der Waals surface area (Å²) >= 11 is 3.75. The van der Waals surface area contributed by atoms with Crippen molar-refractivity contribution in [3.05, 3.63) is 25.3 Å². The molecule has 0 heterocycles. The summed E-state index contributed by atoms with van der Waals surface area (Å²) in [6, 6.07) is 0.739. The summed E-state index contributed by atoms with van der Waals surface area (Å²) in [5.41, 5.74) is 3.48.